The van der Waals surface area contributed by atoms with Gasteiger partial charge in [0.2, 0.25) is 0 Å². The van der Waals surface area contributed by atoms with Crippen molar-refractivity contribution in [3.05, 3.63) is 52.5 Å². The van der Waals surface area contributed by atoms with Crippen LogP contribution < -0.4 is 20.3 Å². The van der Waals surface area contributed by atoms with Crippen LogP contribution in [0.15, 0.2) is 42.5 Å². The minimum Gasteiger partial charge on any atom is -0.495 e. The van der Waals surface area contributed by atoms with Gasteiger partial charge in [-0.3, -0.25) is 14.5 Å². The van der Waals surface area contributed by atoms with Crippen LogP contribution in [-0.2, 0) is 9.59 Å². The Kier molecular flexibility index (Phi) is 7.79. The number of hydrogen-bond donors (Lipinski definition) is 2. The fourth-order valence-electron chi connectivity index (χ4n) is 3.22. The van der Waals surface area contributed by atoms with Crippen LogP contribution in [0.3, 0.4) is 0 Å². The Hall–Kier alpha value is -2.48. The van der Waals surface area contributed by atoms with Crippen molar-refractivity contribution in [3.63, 3.8) is 0 Å². The molecule has 1 aliphatic heterocycles. The Labute approximate surface area is 185 Å². The maximum atomic E-state index is 12.1. The van der Waals surface area contributed by atoms with Gasteiger partial charge in [0.25, 0.3) is 0 Å². The lowest BCUT2D eigenvalue weighted by Crippen LogP contribution is -2.49. The van der Waals surface area contributed by atoms with Gasteiger partial charge in [-0.15, -0.1) is 0 Å². The molecular formula is C21H24Cl2N4O3. The van der Waals surface area contributed by atoms with Gasteiger partial charge in [-0.25, -0.2) is 0 Å². The standard InChI is InChI=1S/C21H24Cl2N4O3/c1-30-19-7-4-16(14-18(19)23)25-21(29)20(28)24-8-9-26-10-12-27(13-11-26)17-5-2-15(22)3-6-17/h2-7,14H,8-13H2,1H3,(H,24,28)(H,25,29). The monoisotopic (exact) mass is 450 g/mol. The maximum absolute atomic E-state index is 12.1. The van der Waals surface area contributed by atoms with E-state index in [2.05, 4.69) is 20.4 Å². The zero-order chi connectivity index (χ0) is 21.5. The van der Waals surface area contributed by atoms with Crippen molar-refractivity contribution in [2.75, 3.05) is 56.6 Å². The van der Waals surface area contributed by atoms with Crippen molar-refractivity contribution < 1.29 is 14.3 Å². The summed E-state index contributed by atoms with van der Waals surface area (Å²) < 4.78 is 5.06. The normalized spacial score (nSPS) is 14.3. The number of carbonyl (C=O) groups is 2. The van der Waals surface area contributed by atoms with Crippen molar-refractivity contribution in [3.8, 4) is 5.75 Å². The summed E-state index contributed by atoms with van der Waals surface area (Å²) in [5.74, 6) is -0.916. The number of methoxy groups -OCH3 is 1. The van der Waals surface area contributed by atoms with E-state index in [1.807, 2.05) is 24.3 Å². The average molecular weight is 451 g/mol. The zero-order valence-electron chi connectivity index (χ0n) is 16.7. The summed E-state index contributed by atoms with van der Waals surface area (Å²) in [5.41, 5.74) is 1.59. The Balaban J connectivity index is 1.38. The largest absolute Gasteiger partial charge is 0.495 e. The molecule has 0 aromatic heterocycles. The molecule has 1 fully saturated rings. The van der Waals surface area contributed by atoms with Crippen molar-refractivity contribution >= 4 is 46.4 Å². The molecule has 2 N–H and O–H groups in total. The molecule has 2 amide bonds. The summed E-state index contributed by atoms with van der Waals surface area (Å²) in [6.45, 7) is 4.64. The summed E-state index contributed by atoms with van der Waals surface area (Å²) in [5, 5.41) is 6.27. The number of anilines is 2. The van der Waals surface area contributed by atoms with E-state index < -0.39 is 11.8 Å². The number of rotatable bonds is 6. The highest BCUT2D eigenvalue weighted by Crippen LogP contribution is 2.27. The summed E-state index contributed by atoms with van der Waals surface area (Å²) in [6, 6.07) is 12.6. The van der Waals surface area contributed by atoms with E-state index in [0.717, 1.165) is 36.9 Å². The molecule has 0 radical (unpaired) electrons. The van der Waals surface area contributed by atoms with E-state index in [-0.39, 0.29) is 0 Å². The second kappa shape index (κ2) is 10.5. The first-order valence-electron chi connectivity index (χ1n) is 9.62. The summed E-state index contributed by atoms with van der Waals surface area (Å²) >= 11 is 12.0. The van der Waals surface area contributed by atoms with Crippen LogP contribution in [0.1, 0.15) is 0 Å². The third-order valence-corrected chi connectivity index (χ3v) is 5.44. The van der Waals surface area contributed by atoms with E-state index in [0.29, 0.717) is 29.5 Å². The van der Waals surface area contributed by atoms with Gasteiger partial charge in [-0.1, -0.05) is 23.2 Å². The van der Waals surface area contributed by atoms with Gasteiger partial charge in [-0.2, -0.15) is 0 Å². The van der Waals surface area contributed by atoms with Crippen molar-refractivity contribution in [1.82, 2.24) is 10.2 Å². The minimum absolute atomic E-state index is 0.355. The molecule has 30 heavy (non-hydrogen) atoms. The number of carbonyl (C=O) groups excluding carboxylic acids is 2. The second-order valence-electron chi connectivity index (χ2n) is 6.86. The van der Waals surface area contributed by atoms with Gasteiger partial charge >= 0.3 is 11.8 Å². The molecule has 1 saturated heterocycles. The summed E-state index contributed by atoms with van der Waals surface area (Å²) in [4.78, 5) is 28.7. The number of benzene rings is 2. The molecule has 0 unspecified atom stereocenters. The van der Waals surface area contributed by atoms with Crippen LogP contribution in [0.2, 0.25) is 10.0 Å². The zero-order valence-corrected chi connectivity index (χ0v) is 18.2. The number of amides is 2. The average Bonchev–Trinajstić information content (AvgIpc) is 2.75. The first kappa shape index (κ1) is 22.2. The predicted octanol–water partition coefficient (Wildman–Crippen LogP) is 2.88. The fraction of sp³-hybridized carbons (Fsp3) is 0.333. The quantitative estimate of drug-likeness (QED) is 0.661. The molecule has 1 heterocycles. The molecule has 0 bridgehead atoms. The fourth-order valence-corrected chi connectivity index (χ4v) is 3.61. The first-order chi connectivity index (χ1) is 14.5. The van der Waals surface area contributed by atoms with Crippen LogP contribution in [0.4, 0.5) is 11.4 Å². The van der Waals surface area contributed by atoms with Gasteiger partial charge in [0.05, 0.1) is 12.1 Å². The number of piperazine rings is 1. The lowest BCUT2D eigenvalue weighted by atomic mass is 10.2. The maximum Gasteiger partial charge on any atom is 0.313 e. The van der Waals surface area contributed by atoms with Crippen molar-refractivity contribution in [2.45, 2.75) is 0 Å². The predicted molar refractivity (Wildman–Crippen MR) is 120 cm³/mol. The van der Waals surface area contributed by atoms with E-state index in [4.69, 9.17) is 27.9 Å². The minimum atomic E-state index is -0.733. The van der Waals surface area contributed by atoms with Crippen LogP contribution >= 0.6 is 23.2 Å². The molecule has 0 atom stereocenters. The number of nitrogens with zero attached hydrogens (tertiary/aromatic N) is 2. The van der Waals surface area contributed by atoms with Crippen LogP contribution in [0.25, 0.3) is 0 Å². The molecule has 7 nitrogen and oxygen atoms in total. The number of halogens is 2. The Morgan fingerprint density at radius 3 is 2.33 bits per heavy atom. The Morgan fingerprint density at radius 2 is 1.70 bits per heavy atom. The molecule has 3 rings (SSSR count). The lowest BCUT2D eigenvalue weighted by molar-refractivity contribution is -0.136. The van der Waals surface area contributed by atoms with Gasteiger partial charge in [0.1, 0.15) is 5.75 Å². The Bertz CT molecular complexity index is 884. The highest BCUT2D eigenvalue weighted by molar-refractivity contribution is 6.40. The molecule has 2 aromatic rings. The van der Waals surface area contributed by atoms with E-state index in [1.54, 1.807) is 12.1 Å². The third-order valence-electron chi connectivity index (χ3n) is 4.89. The SMILES string of the molecule is COc1ccc(NC(=O)C(=O)NCCN2CCN(c3ccc(Cl)cc3)CC2)cc1Cl. The second-order valence-corrected chi connectivity index (χ2v) is 7.71. The van der Waals surface area contributed by atoms with Gasteiger partial charge in [0.15, 0.2) is 0 Å². The molecule has 9 heteroatoms. The molecule has 1 aliphatic rings. The van der Waals surface area contributed by atoms with Crippen LogP contribution in [0.5, 0.6) is 5.75 Å². The van der Waals surface area contributed by atoms with Gasteiger partial charge in [0, 0.05) is 55.7 Å². The molecule has 2 aromatic carbocycles. The van der Waals surface area contributed by atoms with Crippen LogP contribution in [-0.4, -0.2) is 63.1 Å². The highest BCUT2D eigenvalue weighted by atomic mass is 35.5. The van der Waals surface area contributed by atoms with Crippen LogP contribution in [0, 0.1) is 0 Å². The topological polar surface area (TPSA) is 73.9 Å². The number of nitrogens with one attached hydrogen (secondary N) is 2. The molecule has 160 valence electrons. The summed E-state index contributed by atoms with van der Waals surface area (Å²) in [7, 11) is 1.50. The van der Waals surface area contributed by atoms with E-state index in [1.165, 1.54) is 13.2 Å². The Morgan fingerprint density at radius 1 is 1.00 bits per heavy atom. The smallest absolute Gasteiger partial charge is 0.313 e. The van der Waals surface area contributed by atoms with Crippen molar-refractivity contribution in [2.24, 2.45) is 0 Å². The van der Waals surface area contributed by atoms with Gasteiger partial charge in [-0.05, 0) is 42.5 Å². The van der Waals surface area contributed by atoms with E-state index in [9.17, 15) is 9.59 Å². The first-order valence-corrected chi connectivity index (χ1v) is 10.4. The van der Waals surface area contributed by atoms with Gasteiger partial charge < -0.3 is 20.3 Å². The lowest BCUT2D eigenvalue weighted by Gasteiger charge is -2.36. The number of hydrogen-bond acceptors (Lipinski definition) is 5. The van der Waals surface area contributed by atoms with E-state index >= 15 is 0 Å². The molecule has 0 spiro atoms. The number of ether oxygens (including phenoxy) is 1. The molecule has 0 saturated carbocycles. The summed E-state index contributed by atoms with van der Waals surface area (Å²) in [6.07, 6.45) is 0. The molecule has 0 aliphatic carbocycles. The third kappa shape index (κ3) is 6.01. The molecular weight excluding hydrogens is 427 g/mol. The highest BCUT2D eigenvalue weighted by Gasteiger charge is 2.18. The van der Waals surface area contributed by atoms with Crippen molar-refractivity contribution in [1.29, 1.82) is 0 Å².